The third-order valence-electron chi connectivity index (χ3n) is 2.45. The molecule has 1 aromatic rings. The molecule has 0 aliphatic carbocycles. The highest BCUT2D eigenvalue weighted by Crippen LogP contribution is 2.03. The Morgan fingerprint density at radius 1 is 1.24 bits per heavy atom. The van der Waals surface area contributed by atoms with Gasteiger partial charge in [-0.2, -0.15) is 0 Å². The SMILES string of the molecule is CNCC(=O)N[C@H](Cc1ccccc1)C(C)=O. The summed E-state index contributed by atoms with van der Waals surface area (Å²) >= 11 is 0. The van der Waals surface area contributed by atoms with Crippen molar-refractivity contribution in [3.63, 3.8) is 0 Å². The summed E-state index contributed by atoms with van der Waals surface area (Å²) in [7, 11) is 1.69. The van der Waals surface area contributed by atoms with E-state index < -0.39 is 6.04 Å². The van der Waals surface area contributed by atoms with Crippen LogP contribution < -0.4 is 10.6 Å². The predicted octanol–water partition coefficient (Wildman–Crippen LogP) is 0.522. The van der Waals surface area contributed by atoms with Gasteiger partial charge in [0.2, 0.25) is 5.91 Å². The fourth-order valence-electron chi connectivity index (χ4n) is 1.55. The van der Waals surface area contributed by atoms with Gasteiger partial charge < -0.3 is 10.6 Å². The number of benzene rings is 1. The number of Topliss-reactive ketones (excluding diaryl/α,β-unsaturated/α-hetero) is 1. The summed E-state index contributed by atoms with van der Waals surface area (Å²) < 4.78 is 0. The molecule has 0 aliphatic rings. The molecule has 1 atom stereocenters. The highest BCUT2D eigenvalue weighted by atomic mass is 16.2. The zero-order valence-corrected chi connectivity index (χ0v) is 10.2. The lowest BCUT2D eigenvalue weighted by molar-refractivity contribution is -0.126. The molecule has 0 spiro atoms. The number of amides is 1. The molecule has 0 aromatic heterocycles. The van der Waals surface area contributed by atoms with Gasteiger partial charge in [0.05, 0.1) is 12.6 Å². The Hall–Kier alpha value is -1.68. The number of carbonyl (C=O) groups is 2. The maximum absolute atomic E-state index is 11.5. The molecule has 0 unspecified atom stereocenters. The number of ketones is 1. The zero-order chi connectivity index (χ0) is 12.7. The second kappa shape index (κ2) is 6.81. The van der Waals surface area contributed by atoms with Crippen molar-refractivity contribution < 1.29 is 9.59 Å². The molecule has 0 radical (unpaired) electrons. The Kier molecular flexibility index (Phi) is 5.36. The van der Waals surface area contributed by atoms with E-state index >= 15 is 0 Å². The number of likely N-dealkylation sites (N-methyl/N-ethyl adjacent to an activating group) is 1. The summed E-state index contributed by atoms with van der Waals surface area (Å²) in [6.45, 7) is 1.71. The first-order valence-electron chi connectivity index (χ1n) is 5.62. The van der Waals surface area contributed by atoms with Gasteiger partial charge in [0.25, 0.3) is 0 Å². The van der Waals surface area contributed by atoms with Crippen LogP contribution in [-0.4, -0.2) is 31.3 Å². The third-order valence-corrected chi connectivity index (χ3v) is 2.45. The van der Waals surface area contributed by atoms with E-state index in [1.807, 2.05) is 30.3 Å². The fraction of sp³-hybridized carbons (Fsp3) is 0.385. The number of hydrogen-bond donors (Lipinski definition) is 2. The molecule has 1 rings (SSSR count). The first-order chi connectivity index (χ1) is 8.13. The second-order valence-electron chi connectivity index (χ2n) is 3.95. The zero-order valence-electron chi connectivity index (χ0n) is 10.2. The Labute approximate surface area is 101 Å². The number of nitrogens with one attached hydrogen (secondary N) is 2. The lowest BCUT2D eigenvalue weighted by Gasteiger charge is -2.15. The minimum atomic E-state index is -0.446. The average Bonchev–Trinajstić information content (AvgIpc) is 2.29. The van der Waals surface area contributed by atoms with Gasteiger partial charge in [-0.15, -0.1) is 0 Å². The van der Waals surface area contributed by atoms with Crippen molar-refractivity contribution in [2.24, 2.45) is 0 Å². The van der Waals surface area contributed by atoms with E-state index in [0.29, 0.717) is 6.42 Å². The summed E-state index contributed by atoms with van der Waals surface area (Å²) in [4.78, 5) is 22.9. The van der Waals surface area contributed by atoms with E-state index in [1.165, 1.54) is 6.92 Å². The van der Waals surface area contributed by atoms with E-state index in [2.05, 4.69) is 10.6 Å². The van der Waals surface area contributed by atoms with Gasteiger partial charge in [-0.25, -0.2) is 0 Å². The van der Waals surface area contributed by atoms with Crippen LogP contribution in [0.2, 0.25) is 0 Å². The molecule has 0 aliphatic heterocycles. The van der Waals surface area contributed by atoms with Crippen molar-refractivity contribution in [2.75, 3.05) is 13.6 Å². The molecule has 4 nitrogen and oxygen atoms in total. The number of rotatable bonds is 6. The van der Waals surface area contributed by atoms with E-state index in [0.717, 1.165) is 5.56 Å². The summed E-state index contributed by atoms with van der Waals surface area (Å²) in [5.41, 5.74) is 1.04. The normalized spacial score (nSPS) is 11.9. The second-order valence-corrected chi connectivity index (χ2v) is 3.95. The van der Waals surface area contributed by atoms with Crippen LogP contribution in [0.4, 0.5) is 0 Å². The van der Waals surface area contributed by atoms with E-state index in [1.54, 1.807) is 7.05 Å². The molecular weight excluding hydrogens is 216 g/mol. The topological polar surface area (TPSA) is 58.2 Å². The van der Waals surface area contributed by atoms with Crippen LogP contribution >= 0.6 is 0 Å². The van der Waals surface area contributed by atoms with Gasteiger partial charge in [-0.3, -0.25) is 9.59 Å². The van der Waals surface area contributed by atoms with Crippen LogP contribution in [0.15, 0.2) is 30.3 Å². The lowest BCUT2D eigenvalue weighted by Crippen LogP contribution is -2.44. The minimum Gasteiger partial charge on any atom is -0.345 e. The van der Waals surface area contributed by atoms with E-state index in [9.17, 15) is 9.59 Å². The summed E-state index contributed by atoms with van der Waals surface area (Å²) in [5.74, 6) is -0.193. The summed E-state index contributed by atoms with van der Waals surface area (Å²) in [6, 6.07) is 9.20. The van der Waals surface area contributed by atoms with Gasteiger partial charge in [-0.1, -0.05) is 30.3 Å². The average molecular weight is 234 g/mol. The Balaban J connectivity index is 2.61. The quantitative estimate of drug-likeness (QED) is 0.754. The predicted molar refractivity (Wildman–Crippen MR) is 66.7 cm³/mol. The number of hydrogen-bond acceptors (Lipinski definition) is 3. The minimum absolute atomic E-state index is 0.0293. The van der Waals surface area contributed by atoms with Gasteiger partial charge >= 0.3 is 0 Å². The van der Waals surface area contributed by atoms with Gasteiger partial charge in [0, 0.05) is 0 Å². The molecule has 0 heterocycles. The first-order valence-corrected chi connectivity index (χ1v) is 5.62. The van der Waals surface area contributed by atoms with Crippen LogP contribution in [0.1, 0.15) is 12.5 Å². The molecule has 0 fully saturated rings. The molecule has 4 heteroatoms. The summed E-state index contributed by atoms with van der Waals surface area (Å²) in [6.07, 6.45) is 0.533. The maximum Gasteiger partial charge on any atom is 0.234 e. The van der Waals surface area contributed by atoms with Crippen molar-refractivity contribution in [1.82, 2.24) is 10.6 Å². The van der Waals surface area contributed by atoms with Gasteiger partial charge in [-0.05, 0) is 26.0 Å². The smallest absolute Gasteiger partial charge is 0.234 e. The lowest BCUT2D eigenvalue weighted by atomic mass is 10.0. The van der Waals surface area contributed by atoms with Crippen LogP contribution in [0, 0.1) is 0 Å². The fourth-order valence-corrected chi connectivity index (χ4v) is 1.55. The molecule has 0 bridgehead atoms. The number of carbonyl (C=O) groups excluding carboxylic acids is 2. The Bertz CT molecular complexity index is 376. The molecule has 0 saturated heterocycles. The van der Waals surface area contributed by atoms with E-state index in [-0.39, 0.29) is 18.2 Å². The maximum atomic E-state index is 11.5. The van der Waals surface area contributed by atoms with Crippen LogP contribution in [0.5, 0.6) is 0 Å². The largest absolute Gasteiger partial charge is 0.345 e. The monoisotopic (exact) mass is 234 g/mol. The van der Waals surface area contributed by atoms with Crippen molar-refractivity contribution >= 4 is 11.7 Å². The van der Waals surface area contributed by atoms with Crippen LogP contribution in [0.25, 0.3) is 0 Å². The van der Waals surface area contributed by atoms with Crippen LogP contribution in [-0.2, 0) is 16.0 Å². The van der Waals surface area contributed by atoms with Gasteiger partial charge in [0.1, 0.15) is 0 Å². The molecule has 1 aromatic carbocycles. The molecule has 0 saturated carbocycles. The van der Waals surface area contributed by atoms with Crippen molar-refractivity contribution in [3.8, 4) is 0 Å². The molecule has 92 valence electrons. The Morgan fingerprint density at radius 2 is 1.88 bits per heavy atom. The van der Waals surface area contributed by atoms with Crippen LogP contribution in [0.3, 0.4) is 0 Å². The third kappa shape index (κ3) is 4.78. The molecule has 2 N–H and O–H groups in total. The molecule has 17 heavy (non-hydrogen) atoms. The molecular formula is C13H18N2O2. The first kappa shape index (κ1) is 13.4. The highest BCUT2D eigenvalue weighted by molar-refractivity contribution is 5.88. The highest BCUT2D eigenvalue weighted by Gasteiger charge is 2.16. The van der Waals surface area contributed by atoms with Crippen molar-refractivity contribution in [3.05, 3.63) is 35.9 Å². The summed E-state index contributed by atoms with van der Waals surface area (Å²) in [5, 5.41) is 5.47. The van der Waals surface area contributed by atoms with Crippen molar-refractivity contribution in [2.45, 2.75) is 19.4 Å². The van der Waals surface area contributed by atoms with Gasteiger partial charge in [0.15, 0.2) is 5.78 Å². The van der Waals surface area contributed by atoms with Crippen molar-refractivity contribution in [1.29, 1.82) is 0 Å². The Morgan fingerprint density at radius 3 is 2.41 bits per heavy atom. The van der Waals surface area contributed by atoms with E-state index in [4.69, 9.17) is 0 Å². The standard InChI is InChI=1S/C13H18N2O2/c1-10(16)12(15-13(17)9-14-2)8-11-6-4-3-5-7-11/h3-7,12,14H,8-9H2,1-2H3,(H,15,17)/t12-/m1/s1. The molecule has 1 amide bonds.